The monoisotopic (exact) mass is 233 g/mol. The largest absolute Gasteiger partial charge is 0.381 e. The van der Waals surface area contributed by atoms with Crippen molar-refractivity contribution in [2.24, 2.45) is 5.73 Å². The highest BCUT2D eigenvalue weighted by Gasteiger charge is 2.39. The minimum absolute atomic E-state index is 0.134. The third-order valence-corrected chi connectivity index (χ3v) is 4.04. The summed E-state index contributed by atoms with van der Waals surface area (Å²) < 4.78 is 5.52. The second kappa shape index (κ2) is 5.65. The van der Waals surface area contributed by atoms with Gasteiger partial charge in [0, 0.05) is 24.7 Å². The lowest BCUT2D eigenvalue weighted by atomic mass is 9.68. The molecule has 0 saturated carbocycles. The van der Waals surface area contributed by atoms with Crippen molar-refractivity contribution in [3.05, 3.63) is 35.9 Å². The van der Waals surface area contributed by atoms with Gasteiger partial charge in [0.1, 0.15) is 0 Å². The SMILES string of the molecule is CCC[C@H](N)C1(c2ccccc2)CCOCC1. The number of hydrogen-bond donors (Lipinski definition) is 1. The number of benzene rings is 1. The molecule has 1 heterocycles. The lowest BCUT2D eigenvalue weighted by Gasteiger charge is -2.42. The molecule has 2 heteroatoms. The molecule has 0 unspecified atom stereocenters. The molecule has 1 aromatic carbocycles. The van der Waals surface area contributed by atoms with Gasteiger partial charge in [-0.05, 0) is 24.8 Å². The van der Waals surface area contributed by atoms with Crippen LogP contribution in [0.3, 0.4) is 0 Å². The fourth-order valence-corrected chi connectivity index (χ4v) is 2.97. The molecular formula is C15H23NO. The standard InChI is InChI=1S/C15H23NO/c1-2-6-14(16)15(9-11-17-12-10-15)13-7-4-3-5-8-13/h3-5,7-8,14H,2,6,9-12,16H2,1H3/t14-/m0/s1. The average Bonchev–Trinajstić information content (AvgIpc) is 2.41. The quantitative estimate of drug-likeness (QED) is 0.868. The molecule has 1 fully saturated rings. The first-order valence-corrected chi connectivity index (χ1v) is 6.68. The molecule has 17 heavy (non-hydrogen) atoms. The first-order valence-electron chi connectivity index (χ1n) is 6.68. The summed E-state index contributed by atoms with van der Waals surface area (Å²) in [5.41, 5.74) is 8.00. The van der Waals surface area contributed by atoms with Gasteiger partial charge in [0.25, 0.3) is 0 Å². The average molecular weight is 233 g/mol. The van der Waals surface area contributed by atoms with Gasteiger partial charge >= 0.3 is 0 Å². The summed E-state index contributed by atoms with van der Waals surface area (Å²) in [5, 5.41) is 0. The maximum absolute atomic E-state index is 6.47. The van der Waals surface area contributed by atoms with Gasteiger partial charge in [-0.1, -0.05) is 43.7 Å². The summed E-state index contributed by atoms with van der Waals surface area (Å²) in [4.78, 5) is 0. The molecule has 94 valence electrons. The lowest BCUT2D eigenvalue weighted by Crippen LogP contribution is -2.49. The molecule has 0 aromatic heterocycles. The van der Waals surface area contributed by atoms with Crippen molar-refractivity contribution in [1.82, 2.24) is 0 Å². The van der Waals surface area contributed by atoms with Crippen LogP contribution in [0.5, 0.6) is 0 Å². The zero-order valence-corrected chi connectivity index (χ0v) is 10.7. The summed E-state index contributed by atoms with van der Waals surface area (Å²) in [7, 11) is 0. The van der Waals surface area contributed by atoms with Crippen LogP contribution >= 0.6 is 0 Å². The maximum atomic E-state index is 6.47. The normalized spacial score (nSPS) is 21.1. The molecule has 2 nitrogen and oxygen atoms in total. The van der Waals surface area contributed by atoms with E-state index in [4.69, 9.17) is 10.5 Å². The molecule has 0 aliphatic carbocycles. The van der Waals surface area contributed by atoms with Gasteiger partial charge in [-0.15, -0.1) is 0 Å². The van der Waals surface area contributed by atoms with Gasteiger partial charge < -0.3 is 10.5 Å². The zero-order valence-electron chi connectivity index (χ0n) is 10.7. The van der Waals surface area contributed by atoms with Crippen LogP contribution in [0.1, 0.15) is 38.2 Å². The molecule has 1 aliphatic heterocycles. The highest BCUT2D eigenvalue weighted by atomic mass is 16.5. The Balaban J connectivity index is 2.29. The Morgan fingerprint density at radius 3 is 2.47 bits per heavy atom. The van der Waals surface area contributed by atoms with Crippen LogP contribution < -0.4 is 5.73 Å². The van der Waals surface area contributed by atoms with Crippen molar-refractivity contribution in [3.8, 4) is 0 Å². The topological polar surface area (TPSA) is 35.2 Å². The summed E-state index contributed by atoms with van der Waals surface area (Å²) in [5.74, 6) is 0. The van der Waals surface area contributed by atoms with E-state index in [2.05, 4.69) is 37.3 Å². The Kier molecular flexibility index (Phi) is 4.19. The van der Waals surface area contributed by atoms with Crippen molar-refractivity contribution in [1.29, 1.82) is 0 Å². The summed E-state index contributed by atoms with van der Waals surface area (Å²) in [6, 6.07) is 11.0. The van der Waals surface area contributed by atoms with E-state index in [9.17, 15) is 0 Å². The Morgan fingerprint density at radius 1 is 1.24 bits per heavy atom. The van der Waals surface area contributed by atoms with E-state index in [1.165, 1.54) is 5.56 Å². The minimum Gasteiger partial charge on any atom is -0.381 e. The second-order valence-electron chi connectivity index (χ2n) is 5.03. The van der Waals surface area contributed by atoms with Crippen molar-refractivity contribution in [2.75, 3.05) is 13.2 Å². The predicted molar refractivity (Wildman–Crippen MR) is 71.1 cm³/mol. The maximum Gasteiger partial charge on any atom is 0.0475 e. The fraction of sp³-hybridized carbons (Fsp3) is 0.600. The van der Waals surface area contributed by atoms with Gasteiger partial charge in [0.05, 0.1) is 0 Å². The molecule has 0 radical (unpaired) electrons. The van der Waals surface area contributed by atoms with Crippen molar-refractivity contribution in [3.63, 3.8) is 0 Å². The van der Waals surface area contributed by atoms with Gasteiger partial charge in [0.15, 0.2) is 0 Å². The first kappa shape index (κ1) is 12.6. The van der Waals surface area contributed by atoms with E-state index in [0.717, 1.165) is 38.9 Å². The van der Waals surface area contributed by atoms with Crippen LogP contribution in [0.15, 0.2) is 30.3 Å². The Hall–Kier alpha value is -0.860. The molecular weight excluding hydrogens is 210 g/mol. The smallest absolute Gasteiger partial charge is 0.0475 e. The summed E-state index contributed by atoms with van der Waals surface area (Å²) in [6.07, 6.45) is 4.35. The van der Waals surface area contributed by atoms with Crippen LogP contribution in [0.2, 0.25) is 0 Å². The fourth-order valence-electron chi connectivity index (χ4n) is 2.97. The lowest BCUT2D eigenvalue weighted by molar-refractivity contribution is 0.0387. The highest BCUT2D eigenvalue weighted by Crippen LogP contribution is 2.38. The third kappa shape index (κ3) is 2.53. The van der Waals surface area contributed by atoms with Crippen molar-refractivity contribution >= 4 is 0 Å². The van der Waals surface area contributed by atoms with Crippen LogP contribution in [0, 0.1) is 0 Å². The van der Waals surface area contributed by atoms with E-state index < -0.39 is 0 Å². The van der Waals surface area contributed by atoms with Gasteiger partial charge in [-0.25, -0.2) is 0 Å². The number of rotatable bonds is 4. The van der Waals surface area contributed by atoms with Gasteiger partial charge in [-0.3, -0.25) is 0 Å². The molecule has 1 atom stereocenters. The van der Waals surface area contributed by atoms with E-state index in [0.29, 0.717) is 0 Å². The van der Waals surface area contributed by atoms with Gasteiger partial charge in [-0.2, -0.15) is 0 Å². The summed E-state index contributed by atoms with van der Waals surface area (Å²) >= 11 is 0. The second-order valence-corrected chi connectivity index (χ2v) is 5.03. The Labute approximate surface area is 104 Å². The van der Waals surface area contributed by atoms with Crippen LogP contribution in [-0.2, 0) is 10.2 Å². The number of ether oxygens (including phenoxy) is 1. The molecule has 2 N–H and O–H groups in total. The van der Waals surface area contributed by atoms with Crippen molar-refractivity contribution in [2.45, 2.75) is 44.1 Å². The minimum atomic E-state index is 0.134. The Bertz CT molecular complexity index is 330. The van der Waals surface area contributed by atoms with E-state index in [1.807, 2.05) is 0 Å². The number of hydrogen-bond acceptors (Lipinski definition) is 2. The molecule has 2 rings (SSSR count). The van der Waals surface area contributed by atoms with E-state index >= 15 is 0 Å². The molecule has 1 saturated heterocycles. The highest BCUT2D eigenvalue weighted by molar-refractivity contribution is 5.28. The summed E-state index contributed by atoms with van der Waals surface area (Å²) in [6.45, 7) is 3.89. The molecule has 1 aromatic rings. The van der Waals surface area contributed by atoms with E-state index in [-0.39, 0.29) is 11.5 Å². The van der Waals surface area contributed by atoms with Crippen LogP contribution in [-0.4, -0.2) is 19.3 Å². The molecule has 0 bridgehead atoms. The van der Waals surface area contributed by atoms with E-state index in [1.54, 1.807) is 0 Å². The van der Waals surface area contributed by atoms with Crippen LogP contribution in [0.25, 0.3) is 0 Å². The zero-order chi connectivity index (χ0) is 12.1. The Morgan fingerprint density at radius 2 is 1.88 bits per heavy atom. The first-order chi connectivity index (χ1) is 8.29. The molecule has 1 aliphatic rings. The number of nitrogens with two attached hydrogens (primary N) is 1. The molecule has 0 spiro atoms. The van der Waals surface area contributed by atoms with Crippen LogP contribution in [0.4, 0.5) is 0 Å². The molecule has 0 amide bonds. The predicted octanol–water partition coefficient (Wildman–Crippen LogP) is 2.86. The van der Waals surface area contributed by atoms with Crippen molar-refractivity contribution < 1.29 is 4.74 Å². The van der Waals surface area contributed by atoms with Gasteiger partial charge in [0.2, 0.25) is 0 Å². The third-order valence-electron chi connectivity index (χ3n) is 4.04.